The first-order chi connectivity index (χ1) is 14.1. The van der Waals surface area contributed by atoms with Crippen molar-refractivity contribution in [3.63, 3.8) is 0 Å². The molecular weight excluding hydrogens is 412 g/mol. The monoisotopic (exact) mass is 434 g/mol. The predicted molar refractivity (Wildman–Crippen MR) is 112 cm³/mol. The third-order valence-corrected chi connectivity index (χ3v) is 4.49. The van der Waals surface area contributed by atoms with E-state index in [1.165, 1.54) is 26.2 Å². The van der Waals surface area contributed by atoms with Crippen molar-refractivity contribution in [2.75, 3.05) is 19.0 Å². The predicted octanol–water partition coefficient (Wildman–Crippen LogP) is 3.01. The molecule has 0 saturated carbocycles. The molecule has 3 N–H and O–H groups in total. The second-order valence-electron chi connectivity index (χ2n) is 6.55. The molecule has 0 aromatic heterocycles. The normalized spacial score (nSPS) is 11.4. The van der Waals surface area contributed by atoms with Crippen molar-refractivity contribution in [3.8, 4) is 11.5 Å². The number of carbonyl (C=O) groups is 3. The summed E-state index contributed by atoms with van der Waals surface area (Å²) in [5.41, 5.74) is 7.57. The summed E-state index contributed by atoms with van der Waals surface area (Å²) in [6.07, 6.45) is -1.06. The van der Waals surface area contributed by atoms with Crippen LogP contribution in [0.2, 0.25) is 5.02 Å². The molecule has 0 saturated heterocycles. The van der Waals surface area contributed by atoms with Crippen LogP contribution in [0.15, 0.2) is 30.3 Å². The number of aryl methyl sites for hydroxylation is 2. The fourth-order valence-electron chi connectivity index (χ4n) is 2.64. The summed E-state index contributed by atoms with van der Waals surface area (Å²) in [5, 5.41) is 2.80. The molecule has 2 aromatic carbocycles. The van der Waals surface area contributed by atoms with Crippen LogP contribution in [0.3, 0.4) is 0 Å². The minimum Gasteiger partial charge on any atom is -0.493 e. The summed E-state index contributed by atoms with van der Waals surface area (Å²) >= 11 is 6.14. The number of nitrogens with one attached hydrogen (secondary N) is 1. The molecule has 0 bridgehead atoms. The van der Waals surface area contributed by atoms with Gasteiger partial charge in [-0.3, -0.25) is 9.59 Å². The Bertz CT molecular complexity index is 956. The number of rotatable bonds is 8. The second kappa shape index (κ2) is 9.98. The van der Waals surface area contributed by atoms with Gasteiger partial charge >= 0.3 is 5.97 Å². The lowest BCUT2D eigenvalue weighted by atomic mass is 10.1. The van der Waals surface area contributed by atoms with E-state index in [1.54, 1.807) is 0 Å². The van der Waals surface area contributed by atoms with Crippen LogP contribution in [-0.4, -0.2) is 37.6 Å². The van der Waals surface area contributed by atoms with E-state index in [0.717, 1.165) is 11.1 Å². The molecule has 0 aliphatic rings. The number of hydrogen-bond donors (Lipinski definition) is 2. The highest BCUT2D eigenvalue weighted by molar-refractivity contribution is 6.32. The van der Waals surface area contributed by atoms with E-state index < -0.39 is 30.5 Å². The van der Waals surface area contributed by atoms with Gasteiger partial charge in [0.1, 0.15) is 0 Å². The number of esters is 1. The highest BCUT2D eigenvalue weighted by atomic mass is 35.5. The molecule has 9 heteroatoms. The van der Waals surface area contributed by atoms with E-state index >= 15 is 0 Å². The van der Waals surface area contributed by atoms with E-state index in [9.17, 15) is 14.4 Å². The molecule has 160 valence electrons. The quantitative estimate of drug-likeness (QED) is 0.617. The first kappa shape index (κ1) is 23.0. The van der Waals surface area contributed by atoms with Gasteiger partial charge < -0.3 is 25.3 Å². The zero-order valence-electron chi connectivity index (χ0n) is 17.1. The van der Waals surface area contributed by atoms with Crippen LogP contribution in [0.5, 0.6) is 11.5 Å². The van der Waals surface area contributed by atoms with E-state index in [0.29, 0.717) is 5.69 Å². The van der Waals surface area contributed by atoms with Crippen LogP contribution in [0.25, 0.3) is 0 Å². The number of hydrogen-bond acceptors (Lipinski definition) is 6. The Hall–Kier alpha value is -3.26. The number of para-hydroxylation sites is 1. The summed E-state index contributed by atoms with van der Waals surface area (Å²) < 4.78 is 15.6. The Morgan fingerprint density at radius 1 is 1.17 bits per heavy atom. The molecule has 0 heterocycles. The average Bonchev–Trinajstić information content (AvgIpc) is 2.68. The summed E-state index contributed by atoms with van der Waals surface area (Å²) in [4.78, 5) is 35.9. The van der Waals surface area contributed by atoms with Crippen molar-refractivity contribution in [2.24, 2.45) is 5.73 Å². The van der Waals surface area contributed by atoms with Gasteiger partial charge in [-0.1, -0.05) is 29.8 Å². The van der Waals surface area contributed by atoms with Gasteiger partial charge in [0.15, 0.2) is 24.2 Å². The van der Waals surface area contributed by atoms with Crippen LogP contribution in [0, 0.1) is 13.8 Å². The number of halogens is 1. The maximum absolute atomic E-state index is 12.5. The van der Waals surface area contributed by atoms with Crippen molar-refractivity contribution < 1.29 is 28.6 Å². The SMILES string of the molecule is COc1cc(C(=O)OC(C)C(=O)Nc2c(C)cccc2C)cc(Cl)c1OCC(N)=O. The van der Waals surface area contributed by atoms with Crippen LogP contribution < -0.4 is 20.5 Å². The van der Waals surface area contributed by atoms with Crippen molar-refractivity contribution in [1.82, 2.24) is 0 Å². The highest BCUT2D eigenvalue weighted by Gasteiger charge is 2.23. The topological polar surface area (TPSA) is 117 Å². The third-order valence-electron chi connectivity index (χ3n) is 4.21. The summed E-state index contributed by atoms with van der Waals surface area (Å²) in [6, 6.07) is 8.25. The number of anilines is 1. The van der Waals surface area contributed by atoms with Gasteiger partial charge in [-0.25, -0.2) is 4.79 Å². The summed E-state index contributed by atoms with van der Waals surface area (Å²) in [7, 11) is 1.35. The number of ether oxygens (including phenoxy) is 3. The first-order valence-electron chi connectivity index (χ1n) is 9.00. The molecule has 2 amide bonds. The molecule has 8 nitrogen and oxygen atoms in total. The lowest BCUT2D eigenvalue weighted by molar-refractivity contribution is -0.123. The van der Waals surface area contributed by atoms with Crippen molar-refractivity contribution in [2.45, 2.75) is 26.9 Å². The maximum atomic E-state index is 12.5. The van der Waals surface area contributed by atoms with Gasteiger partial charge in [0, 0.05) is 5.69 Å². The van der Waals surface area contributed by atoms with E-state index in [-0.39, 0.29) is 22.1 Å². The number of methoxy groups -OCH3 is 1. The fraction of sp³-hybridized carbons (Fsp3) is 0.286. The van der Waals surface area contributed by atoms with Gasteiger partial charge in [0.2, 0.25) is 0 Å². The Morgan fingerprint density at radius 2 is 1.80 bits per heavy atom. The fourth-order valence-corrected chi connectivity index (χ4v) is 2.90. The molecule has 2 rings (SSSR count). The number of carbonyl (C=O) groups excluding carboxylic acids is 3. The Kier molecular flexibility index (Phi) is 7.66. The molecule has 1 unspecified atom stereocenters. The first-order valence-corrected chi connectivity index (χ1v) is 9.38. The summed E-state index contributed by atoms with van der Waals surface area (Å²) in [6.45, 7) is 4.80. The highest BCUT2D eigenvalue weighted by Crippen LogP contribution is 2.36. The van der Waals surface area contributed by atoms with Gasteiger partial charge in [0.25, 0.3) is 11.8 Å². The Morgan fingerprint density at radius 3 is 2.37 bits per heavy atom. The number of amides is 2. The zero-order chi connectivity index (χ0) is 22.4. The number of primary amides is 1. The second-order valence-corrected chi connectivity index (χ2v) is 6.96. The minimum atomic E-state index is -1.06. The van der Waals surface area contributed by atoms with Crippen molar-refractivity contribution in [3.05, 3.63) is 52.0 Å². The number of nitrogens with two attached hydrogens (primary N) is 1. The molecule has 0 fully saturated rings. The van der Waals surface area contributed by atoms with Gasteiger partial charge in [-0.2, -0.15) is 0 Å². The van der Waals surface area contributed by atoms with Crippen LogP contribution in [0.4, 0.5) is 5.69 Å². The van der Waals surface area contributed by atoms with Crippen molar-refractivity contribution >= 4 is 35.1 Å². The lowest BCUT2D eigenvalue weighted by Crippen LogP contribution is -2.30. The molecule has 30 heavy (non-hydrogen) atoms. The third kappa shape index (κ3) is 5.64. The summed E-state index contributed by atoms with van der Waals surface area (Å²) in [5.74, 6) is -1.76. The smallest absolute Gasteiger partial charge is 0.339 e. The molecule has 0 radical (unpaired) electrons. The van der Waals surface area contributed by atoms with Gasteiger partial charge in [-0.05, 0) is 44.0 Å². The molecule has 1 atom stereocenters. The average molecular weight is 435 g/mol. The number of benzene rings is 2. The molecule has 0 aliphatic carbocycles. The molecular formula is C21H23ClN2O6. The molecule has 0 spiro atoms. The van der Waals surface area contributed by atoms with Gasteiger partial charge in [0.05, 0.1) is 17.7 Å². The van der Waals surface area contributed by atoms with Crippen molar-refractivity contribution in [1.29, 1.82) is 0 Å². The maximum Gasteiger partial charge on any atom is 0.339 e. The largest absolute Gasteiger partial charge is 0.493 e. The lowest BCUT2D eigenvalue weighted by Gasteiger charge is -2.17. The molecule has 2 aromatic rings. The zero-order valence-corrected chi connectivity index (χ0v) is 17.8. The Labute approximate surface area is 179 Å². The van der Waals surface area contributed by atoms with Crippen LogP contribution in [-0.2, 0) is 14.3 Å². The van der Waals surface area contributed by atoms with Crippen LogP contribution >= 0.6 is 11.6 Å². The minimum absolute atomic E-state index is 0.0233. The molecule has 0 aliphatic heterocycles. The van der Waals surface area contributed by atoms with E-state index in [4.69, 9.17) is 31.5 Å². The Balaban J connectivity index is 2.13. The standard InChI is InChI=1S/C21H23ClN2O6/c1-11-6-5-7-12(2)18(11)24-20(26)13(3)30-21(27)14-8-15(22)19(16(9-14)28-4)29-10-17(23)25/h5-9,13H,10H2,1-4H3,(H2,23,25)(H,24,26). The van der Waals surface area contributed by atoms with E-state index in [2.05, 4.69) is 5.32 Å². The van der Waals surface area contributed by atoms with Crippen LogP contribution in [0.1, 0.15) is 28.4 Å². The van der Waals surface area contributed by atoms with Gasteiger partial charge in [-0.15, -0.1) is 0 Å². The van der Waals surface area contributed by atoms with E-state index in [1.807, 2.05) is 32.0 Å².